The number of carbonyl (C=O) groups excluding carboxylic acids is 1. The summed E-state index contributed by atoms with van der Waals surface area (Å²) in [5.41, 5.74) is -0.806. The highest BCUT2D eigenvalue weighted by Crippen LogP contribution is 2.35. The first-order valence-electron chi connectivity index (χ1n) is 4.57. The summed E-state index contributed by atoms with van der Waals surface area (Å²) in [4.78, 5) is 26.2. The number of aliphatic carboxylic acids is 1. The molecule has 1 aromatic rings. The van der Waals surface area contributed by atoms with E-state index in [4.69, 9.17) is 5.11 Å². The molecule has 0 unspecified atom stereocenters. The molecular weight excluding hydrogens is 198 g/mol. The van der Waals surface area contributed by atoms with E-state index in [0.717, 1.165) is 0 Å². The van der Waals surface area contributed by atoms with Crippen molar-refractivity contribution < 1.29 is 14.7 Å². The van der Waals surface area contributed by atoms with E-state index < -0.39 is 17.4 Å². The van der Waals surface area contributed by atoms with Gasteiger partial charge in [-0.2, -0.15) is 0 Å². The van der Waals surface area contributed by atoms with Crippen LogP contribution in [0, 0.1) is 0 Å². The topological polar surface area (TPSA) is 84.2 Å². The molecule has 1 heterocycles. The Morgan fingerprint density at radius 2 is 2.27 bits per heavy atom. The molecule has 0 aromatic carbocycles. The van der Waals surface area contributed by atoms with Crippen LogP contribution in [0.15, 0.2) is 12.5 Å². The van der Waals surface area contributed by atoms with Gasteiger partial charge in [0.1, 0.15) is 11.2 Å². The number of amides is 1. The number of nitrogens with zero attached hydrogens (tertiary/aromatic N) is 2. The number of aryl methyl sites for hydroxylation is 1. The fourth-order valence-corrected chi connectivity index (χ4v) is 1.33. The molecule has 2 rings (SSSR count). The predicted octanol–water partition coefficient (Wildman–Crippen LogP) is -0.233. The quantitative estimate of drug-likeness (QED) is 0.720. The number of hydrogen-bond donors (Lipinski definition) is 2. The van der Waals surface area contributed by atoms with Crippen molar-refractivity contribution in [3.05, 3.63) is 18.2 Å². The van der Waals surface area contributed by atoms with Gasteiger partial charge in [-0.25, -0.2) is 9.78 Å². The van der Waals surface area contributed by atoms with Gasteiger partial charge in [-0.3, -0.25) is 4.79 Å². The largest absolute Gasteiger partial charge is 0.480 e. The monoisotopic (exact) mass is 209 g/mol. The summed E-state index contributed by atoms with van der Waals surface area (Å²) < 4.78 is 1.63. The first kappa shape index (κ1) is 9.70. The fourth-order valence-electron chi connectivity index (χ4n) is 1.33. The van der Waals surface area contributed by atoms with Gasteiger partial charge in [-0.05, 0) is 12.8 Å². The van der Waals surface area contributed by atoms with Crippen LogP contribution in [0.25, 0.3) is 0 Å². The van der Waals surface area contributed by atoms with Crippen molar-refractivity contribution in [3.63, 3.8) is 0 Å². The summed E-state index contributed by atoms with van der Waals surface area (Å²) in [7, 11) is 1.74. The SMILES string of the molecule is Cn1cnc(C(=O)NC2(C(=O)O)CC2)c1. The van der Waals surface area contributed by atoms with E-state index in [-0.39, 0.29) is 5.69 Å². The molecule has 0 atom stereocenters. The molecule has 0 bridgehead atoms. The van der Waals surface area contributed by atoms with Crippen molar-refractivity contribution in [2.45, 2.75) is 18.4 Å². The molecule has 1 aliphatic carbocycles. The normalized spacial score (nSPS) is 17.1. The Morgan fingerprint density at radius 1 is 1.60 bits per heavy atom. The van der Waals surface area contributed by atoms with E-state index in [1.807, 2.05) is 0 Å². The smallest absolute Gasteiger partial charge is 0.329 e. The average molecular weight is 209 g/mol. The molecule has 1 aromatic heterocycles. The van der Waals surface area contributed by atoms with Crippen molar-refractivity contribution in [3.8, 4) is 0 Å². The van der Waals surface area contributed by atoms with Crippen molar-refractivity contribution in [2.24, 2.45) is 7.05 Å². The van der Waals surface area contributed by atoms with E-state index in [1.165, 1.54) is 6.33 Å². The Hall–Kier alpha value is -1.85. The van der Waals surface area contributed by atoms with Crippen LogP contribution in [-0.2, 0) is 11.8 Å². The lowest BCUT2D eigenvalue weighted by atomic mass is 10.2. The van der Waals surface area contributed by atoms with E-state index in [0.29, 0.717) is 12.8 Å². The molecule has 0 saturated heterocycles. The molecular formula is C9H11N3O3. The highest BCUT2D eigenvalue weighted by molar-refractivity contribution is 5.97. The van der Waals surface area contributed by atoms with E-state index in [9.17, 15) is 9.59 Å². The van der Waals surface area contributed by atoms with Crippen molar-refractivity contribution in [1.82, 2.24) is 14.9 Å². The van der Waals surface area contributed by atoms with Crippen LogP contribution >= 0.6 is 0 Å². The average Bonchev–Trinajstić information content (AvgIpc) is 2.82. The molecule has 6 nitrogen and oxygen atoms in total. The molecule has 6 heteroatoms. The van der Waals surface area contributed by atoms with E-state index >= 15 is 0 Å². The summed E-state index contributed by atoms with van der Waals surface area (Å²) in [5, 5.41) is 11.3. The molecule has 1 fully saturated rings. The number of nitrogens with one attached hydrogen (secondary N) is 1. The van der Waals surface area contributed by atoms with Gasteiger partial charge in [-0.15, -0.1) is 0 Å². The summed E-state index contributed by atoms with van der Waals surface area (Å²) in [5.74, 6) is -1.41. The molecule has 80 valence electrons. The highest BCUT2D eigenvalue weighted by atomic mass is 16.4. The van der Waals surface area contributed by atoms with Crippen LogP contribution < -0.4 is 5.32 Å². The zero-order valence-corrected chi connectivity index (χ0v) is 8.23. The van der Waals surface area contributed by atoms with Crippen LogP contribution in [0.2, 0.25) is 0 Å². The predicted molar refractivity (Wildman–Crippen MR) is 50.3 cm³/mol. The van der Waals surface area contributed by atoms with Gasteiger partial charge >= 0.3 is 5.97 Å². The lowest BCUT2D eigenvalue weighted by Gasteiger charge is -2.10. The summed E-state index contributed by atoms with van der Waals surface area (Å²) in [6, 6.07) is 0. The van der Waals surface area contributed by atoms with E-state index in [2.05, 4.69) is 10.3 Å². The Balaban J connectivity index is 2.08. The van der Waals surface area contributed by atoms with Crippen molar-refractivity contribution in [1.29, 1.82) is 0 Å². The van der Waals surface area contributed by atoms with Gasteiger partial charge in [-0.1, -0.05) is 0 Å². The van der Waals surface area contributed by atoms with Crippen molar-refractivity contribution in [2.75, 3.05) is 0 Å². The van der Waals surface area contributed by atoms with E-state index in [1.54, 1.807) is 17.8 Å². The van der Waals surface area contributed by atoms with Crippen LogP contribution in [0.4, 0.5) is 0 Å². The van der Waals surface area contributed by atoms with Gasteiger partial charge in [0.25, 0.3) is 5.91 Å². The minimum Gasteiger partial charge on any atom is -0.480 e. The number of imidazole rings is 1. The first-order chi connectivity index (χ1) is 7.03. The molecule has 2 N–H and O–H groups in total. The van der Waals surface area contributed by atoms with Gasteiger partial charge < -0.3 is 15.0 Å². The number of aromatic nitrogens is 2. The molecule has 0 spiro atoms. The first-order valence-corrected chi connectivity index (χ1v) is 4.57. The number of carbonyl (C=O) groups is 2. The van der Waals surface area contributed by atoms with Gasteiger partial charge in [0.05, 0.1) is 6.33 Å². The Bertz CT molecular complexity index is 420. The number of hydrogen-bond acceptors (Lipinski definition) is 3. The third-order valence-electron chi connectivity index (χ3n) is 2.45. The lowest BCUT2D eigenvalue weighted by Crippen LogP contribution is -2.43. The number of rotatable bonds is 3. The molecule has 1 aliphatic rings. The van der Waals surface area contributed by atoms with Crippen LogP contribution in [0.1, 0.15) is 23.3 Å². The second kappa shape index (κ2) is 3.08. The zero-order valence-electron chi connectivity index (χ0n) is 8.23. The summed E-state index contributed by atoms with van der Waals surface area (Å²) in [6.45, 7) is 0. The maximum absolute atomic E-state index is 11.6. The maximum atomic E-state index is 11.6. The Morgan fingerprint density at radius 3 is 2.67 bits per heavy atom. The van der Waals surface area contributed by atoms with Gasteiger partial charge in [0.2, 0.25) is 0 Å². The maximum Gasteiger partial charge on any atom is 0.329 e. The number of carboxylic acid groups (broad SMARTS) is 1. The molecule has 1 saturated carbocycles. The standard InChI is InChI=1S/C9H11N3O3/c1-12-4-6(10-5-12)7(13)11-9(2-3-9)8(14)15/h4-5H,2-3H2,1H3,(H,11,13)(H,14,15). The molecule has 1 amide bonds. The lowest BCUT2D eigenvalue weighted by molar-refractivity contribution is -0.140. The minimum atomic E-state index is -1.05. The molecule has 15 heavy (non-hydrogen) atoms. The minimum absolute atomic E-state index is 0.241. The number of carboxylic acids is 1. The summed E-state index contributed by atoms with van der Waals surface area (Å²) >= 11 is 0. The zero-order chi connectivity index (χ0) is 11.1. The molecule has 0 aliphatic heterocycles. The molecule has 0 radical (unpaired) electrons. The van der Waals surface area contributed by atoms with Gasteiger partial charge in [0, 0.05) is 13.2 Å². The van der Waals surface area contributed by atoms with Crippen LogP contribution in [0.3, 0.4) is 0 Å². The summed E-state index contributed by atoms with van der Waals surface area (Å²) in [6.07, 6.45) is 4.02. The third kappa shape index (κ3) is 1.70. The second-order valence-electron chi connectivity index (χ2n) is 3.77. The Kier molecular flexibility index (Phi) is 1.99. The highest BCUT2D eigenvalue weighted by Gasteiger charge is 2.51. The van der Waals surface area contributed by atoms with Crippen LogP contribution in [-0.4, -0.2) is 32.1 Å². The fraction of sp³-hybridized carbons (Fsp3) is 0.444. The van der Waals surface area contributed by atoms with Crippen LogP contribution in [0.5, 0.6) is 0 Å². The third-order valence-corrected chi connectivity index (χ3v) is 2.45. The van der Waals surface area contributed by atoms with Crippen molar-refractivity contribution >= 4 is 11.9 Å². The Labute approximate surface area is 85.9 Å². The van der Waals surface area contributed by atoms with Gasteiger partial charge in [0.15, 0.2) is 0 Å². The second-order valence-corrected chi connectivity index (χ2v) is 3.77.